The lowest BCUT2D eigenvalue weighted by Gasteiger charge is -2.30. The fourth-order valence-electron chi connectivity index (χ4n) is 3.36. The molecular formula is C18H18FNO5S. The van der Waals surface area contributed by atoms with Crippen molar-refractivity contribution in [2.75, 3.05) is 6.61 Å². The second-order valence-electron chi connectivity index (χ2n) is 6.12. The molecule has 138 valence electrons. The number of thiophene rings is 1. The third kappa shape index (κ3) is 3.16. The number of nitrogens with zero attached hydrogens (tertiary/aromatic N) is 1. The molecule has 0 fully saturated rings. The van der Waals surface area contributed by atoms with Gasteiger partial charge < -0.3 is 14.7 Å². The summed E-state index contributed by atoms with van der Waals surface area (Å²) in [6.07, 6.45) is -1.04. The van der Waals surface area contributed by atoms with Gasteiger partial charge >= 0.3 is 5.97 Å². The molecule has 2 atom stereocenters. The number of allylic oxidation sites excluding steroid dienone is 2. The average molecular weight is 379 g/mol. The van der Waals surface area contributed by atoms with E-state index >= 15 is 0 Å². The number of carbonyl (C=O) groups excluding carboxylic acids is 2. The highest BCUT2D eigenvalue weighted by atomic mass is 32.1. The minimum absolute atomic E-state index is 0.167. The van der Waals surface area contributed by atoms with Gasteiger partial charge in [-0.1, -0.05) is 0 Å². The molecule has 0 radical (unpaired) electrons. The van der Waals surface area contributed by atoms with Crippen LogP contribution in [0.5, 0.6) is 5.06 Å². The van der Waals surface area contributed by atoms with Crippen molar-refractivity contribution in [1.29, 1.82) is 0 Å². The zero-order valence-corrected chi connectivity index (χ0v) is 15.1. The van der Waals surface area contributed by atoms with Crippen molar-refractivity contribution in [3.8, 4) is 5.06 Å². The van der Waals surface area contributed by atoms with Crippen LogP contribution >= 0.6 is 11.3 Å². The number of ketones is 1. The van der Waals surface area contributed by atoms with Crippen LogP contribution in [0, 0.1) is 0 Å². The van der Waals surface area contributed by atoms with Gasteiger partial charge in [0.25, 0.3) is 5.91 Å². The number of halogens is 1. The first kappa shape index (κ1) is 18.3. The number of carbonyl (C=O) groups is 3. The maximum Gasteiger partial charge on any atom is 0.307 e. The second-order valence-corrected chi connectivity index (χ2v) is 6.99. The van der Waals surface area contributed by atoms with Gasteiger partial charge in [-0.05, 0) is 31.1 Å². The molecule has 1 amide bonds. The number of rotatable bonds is 5. The molecule has 2 aliphatic rings. The van der Waals surface area contributed by atoms with Crippen molar-refractivity contribution in [1.82, 2.24) is 4.90 Å². The quantitative estimate of drug-likeness (QED) is 0.850. The van der Waals surface area contributed by atoms with E-state index in [1.807, 2.05) is 6.92 Å². The molecule has 1 aromatic rings. The third-order valence-electron chi connectivity index (χ3n) is 4.51. The Morgan fingerprint density at radius 3 is 2.85 bits per heavy atom. The van der Waals surface area contributed by atoms with Gasteiger partial charge in [-0.25, -0.2) is 4.39 Å². The summed E-state index contributed by atoms with van der Waals surface area (Å²) in [6, 6.07) is 0.948. The average Bonchev–Trinajstić information content (AvgIpc) is 3.13. The molecule has 2 unspecified atom stereocenters. The molecule has 0 saturated heterocycles. The van der Waals surface area contributed by atoms with E-state index in [0.29, 0.717) is 34.1 Å². The summed E-state index contributed by atoms with van der Waals surface area (Å²) < 4.78 is 19.4. The molecule has 1 N–H and O–H groups in total. The van der Waals surface area contributed by atoms with Gasteiger partial charge in [-0.2, -0.15) is 0 Å². The fraction of sp³-hybridized carbons (Fsp3) is 0.389. The summed E-state index contributed by atoms with van der Waals surface area (Å²) in [6.45, 7) is 3.94. The van der Waals surface area contributed by atoms with Gasteiger partial charge in [-0.3, -0.25) is 14.4 Å². The molecule has 0 spiro atoms. The summed E-state index contributed by atoms with van der Waals surface area (Å²) in [7, 11) is 0. The molecule has 1 aliphatic carbocycles. The van der Waals surface area contributed by atoms with Crippen LogP contribution in [0.4, 0.5) is 4.39 Å². The molecule has 1 aromatic heterocycles. The molecular weight excluding hydrogens is 361 g/mol. The largest absolute Gasteiger partial charge is 0.484 e. The normalized spacial score (nSPS) is 22.3. The second kappa shape index (κ2) is 7.03. The zero-order valence-electron chi connectivity index (χ0n) is 14.3. The lowest BCUT2D eigenvalue weighted by atomic mass is 9.88. The monoisotopic (exact) mass is 379 g/mol. The highest BCUT2D eigenvalue weighted by Gasteiger charge is 2.44. The molecule has 0 aromatic carbocycles. The Morgan fingerprint density at radius 1 is 1.46 bits per heavy atom. The number of aliphatic carboxylic acids is 1. The molecule has 3 rings (SSSR count). The van der Waals surface area contributed by atoms with Crippen LogP contribution in [0.3, 0.4) is 0 Å². The first-order chi connectivity index (χ1) is 12.3. The number of carboxylic acid groups (broad SMARTS) is 1. The van der Waals surface area contributed by atoms with Crippen LogP contribution in [-0.2, 0) is 9.59 Å². The van der Waals surface area contributed by atoms with Gasteiger partial charge in [0.05, 0.1) is 24.6 Å². The van der Waals surface area contributed by atoms with Crippen LogP contribution in [0.1, 0.15) is 37.0 Å². The standard InChI is InChI=1S/C18H18FNO5S/c1-3-25-17-4-10(8-26-17)18(24)20-9(2)11(6-16(22)23)12-5-15(21)13(19)7-14(12)20/h4-5,8,13-14H,3,6-7H2,1-2H3,(H,22,23). The van der Waals surface area contributed by atoms with Crippen LogP contribution in [0.25, 0.3) is 0 Å². The Labute approximate surface area is 153 Å². The van der Waals surface area contributed by atoms with E-state index in [0.717, 1.165) is 6.08 Å². The van der Waals surface area contributed by atoms with Crippen molar-refractivity contribution in [2.24, 2.45) is 0 Å². The molecule has 0 bridgehead atoms. The summed E-state index contributed by atoms with van der Waals surface area (Å²) in [5.41, 5.74) is 1.66. The predicted octanol–water partition coefficient (Wildman–Crippen LogP) is 2.96. The van der Waals surface area contributed by atoms with Crippen molar-refractivity contribution >= 4 is 29.0 Å². The van der Waals surface area contributed by atoms with Crippen molar-refractivity contribution in [3.05, 3.63) is 39.9 Å². The van der Waals surface area contributed by atoms with Gasteiger partial charge in [0.15, 0.2) is 17.0 Å². The SMILES string of the molecule is CCOc1cc(C(=O)N2C(C)=C(CC(=O)O)C3=CC(=O)C(F)CC32)cs1. The van der Waals surface area contributed by atoms with E-state index in [9.17, 15) is 18.8 Å². The van der Waals surface area contributed by atoms with Gasteiger partial charge in [-0.15, -0.1) is 11.3 Å². The van der Waals surface area contributed by atoms with Crippen molar-refractivity contribution < 1.29 is 28.6 Å². The maximum absolute atomic E-state index is 14.0. The highest BCUT2D eigenvalue weighted by molar-refractivity contribution is 7.12. The molecule has 0 saturated carbocycles. The van der Waals surface area contributed by atoms with E-state index in [1.54, 1.807) is 18.4 Å². The highest BCUT2D eigenvalue weighted by Crippen LogP contribution is 2.41. The maximum atomic E-state index is 14.0. The van der Waals surface area contributed by atoms with Crippen molar-refractivity contribution in [3.63, 3.8) is 0 Å². The van der Waals surface area contributed by atoms with Gasteiger partial charge in [0, 0.05) is 23.6 Å². The van der Waals surface area contributed by atoms with Crippen LogP contribution in [-0.4, -0.2) is 46.5 Å². The minimum atomic E-state index is -1.70. The molecule has 26 heavy (non-hydrogen) atoms. The first-order valence-corrected chi connectivity index (χ1v) is 9.07. The molecule has 8 heteroatoms. The van der Waals surface area contributed by atoms with E-state index in [2.05, 4.69) is 0 Å². The Balaban J connectivity index is 2.00. The molecule has 2 heterocycles. The summed E-state index contributed by atoms with van der Waals surface area (Å²) in [4.78, 5) is 37.4. The van der Waals surface area contributed by atoms with Crippen LogP contribution in [0.15, 0.2) is 34.4 Å². The van der Waals surface area contributed by atoms with Crippen LogP contribution in [0.2, 0.25) is 0 Å². The Morgan fingerprint density at radius 2 is 2.19 bits per heavy atom. The Bertz CT molecular complexity index is 840. The first-order valence-electron chi connectivity index (χ1n) is 8.19. The number of carboxylic acids is 1. The lowest BCUT2D eigenvalue weighted by molar-refractivity contribution is -0.136. The minimum Gasteiger partial charge on any atom is -0.484 e. The van der Waals surface area contributed by atoms with Gasteiger partial charge in [0.1, 0.15) is 0 Å². The summed E-state index contributed by atoms with van der Waals surface area (Å²) in [5, 5.41) is 11.4. The number of alkyl halides is 1. The smallest absolute Gasteiger partial charge is 0.307 e. The summed E-state index contributed by atoms with van der Waals surface area (Å²) >= 11 is 1.28. The van der Waals surface area contributed by atoms with Gasteiger partial charge in [0.2, 0.25) is 0 Å². The molecule has 1 aliphatic heterocycles. The third-order valence-corrected chi connectivity index (χ3v) is 5.35. The topological polar surface area (TPSA) is 83.9 Å². The Kier molecular flexibility index (Phi) is 4.95. The Hall–Kier alpha value is -2.48. The number of ether oxygens (including phenoxy) is 1. The van der Waals surface area contributed by atoms with E-state index in [1.165, 1.54) is 16.2 Å². The van der Waals surface area contributed by atoms with E-state index in [-0.39, 0.29) is 18.7 Å². The summed E-state index contributed by atoms with van der Waals surface area (Å²) in [5.74, 6) is -2.12. The van der Waals surface area contributed by atoms with E-state index in [4.69, 9.17) is 9.84 Å². The predicted molar refractivity (Wildman–Crippen MR) is 93.0 cm³/mol. The molecule has 6 nitrogen and oxygen atoms in total. The zero-order chi connectivity index (χ0) is 19.0. The number of amides is 1. The van der Waals surface area contributed by atoms with Crippen LogP contribution < -0.4 is 4.74 Å². The van der Waals surface area contributed by atoms with E-state index < -0.39 is 24.0 Å². The number of hydrogen-bond acceptors (Lipinski definition) is 5. The lowest BCUT2D eigenvalue weighted by Crippen LogP contribution is -2.41. The fourth-order valence-corrected chi connectivity index (χ4v) is 4.15. The number of fused-ring (bicyclic) bond motifs is 1. The number of hydrogen-bond donors (Lipinski definition) is 1. The van der Waals surface area contributed by atoms with Crippen molar-refractivity contribution in [2.45, 2.75) is 38.9 Å².